The summed E-state index contributed by atoms with van der Waals surface area (Å²) in [5.74, 6) is 1.50. The summed E-state index contributed by atoms with van der Waals surface area (Å²) in [5, 5.41) is 4.18. The van der Waals surface area contributed by atoms with Crippen LogP contribution in [0.15, 0.2) is 42.5 Å². The Morgan fingerprint density at radius 1 is 0.944 bits per heavy atom. The van der Waals surface area contributed by atoms with Crippen molar-refractivity contribution in [2.75, 3.05) is 43.4 Å². The number of alkyl halides is 3. The van der Waals surface area contributed by atoms with Crippen LogP contribution in [0.1, 0.15) is 17.0 Å². The van der Waals surface area contributed by atoms with Crippen molar-refractivity contribution in [1.29, 1.82) is 0 Å². The second-order valence-electron chi connectivity index (χ2n) is 8.62. The second-order valence-corrected chi connectivity index (χ2v) is 9.44. The third-order valence-electron chi connectivity index (χ3n) is 6.06. The molecule has 2 aromatic heterocycles. The van der Waals surface area contributed by atoms with Crippen LogP contribution in [0.4, 0.5) is 30.6 Å². The van der Waals surface area contributed by atoms with Crippen LogP contribution in [-0.4, -0.2) is 58.1 Å². The predicted octanol–water partition coefficient (Wildman–Crippen LogP) is 5.76. The third kappa shape index (κ3) is 5.21. The molecular weight excluding hydrogens is 514 g/mol. The first-order chi connectivity index (χ1) is 17.2. The fraction of sp³-hybridized carbons (Fsp3) is 0.292. The Bertz CT molecular complexity index is 1360. The van der Waals surface area contributed by atoms with E-state index < -0.39 is 11.7 Å². The lowest BCUT2D eigenvalue weighted by atomic mass is 10.1. The number of nitrogens with one attached hydrogen (secondary N) is 2. The van der Waals surface area contributed by atoms with E-state index in [-0.39, 0.29) is 0 Å². The molecule has 4 aromatic rings. The summed E-state index contributed by atoms with van der Waals surface area (Å²) >= 11 is 12.7. The number of halogens is 5. The number of nitrogens with zero attached hydrogens (tertiary/aromatic N) is 5. The number of rotatable bonds is 5. The molecule has 0 atom stereocenters. The minimum absolute atomic E-state index is 0.346. The Hall–Kier alpha value is -3.08. The highest BCUT2D eigenvalue weighted by atomic mass is 35.5. The van der Waals surface area contributed by atoms with E-state index in [0.717, 1.165) is 43.9 Å². The van der Waals surface area contributed by atoms with Crippen LogP contribution in [0.3, 0.4) is 0 Å². The molecule has 0 spiro atoms. The summed E-state index contributed by atoms with van der Waals surface area (Å²) in [6.07, 6.45) is -4.06. The van der Waals surface area contributed by atoms with Gasteiger partial charge in [0.05, 0.1) is 5.56 Å². The summed E-state index contributed by atoms with van der Waals surface area (Å²) < 4.78 is 39.0. The molecule has 36 heavy (non-hydrogen) atoms. The number of piperazine rings is 1. The van der Waals surface area contributed by atoms with Crippen LogP contribution in [0.2, 0.25) is 10.0 Å². The van der Waals surface area contributed by atoms with Crippen molar-refractivity contribution >= 4 is 51.8 Å². The smallest absolute Gasteiger partial charge is 0.338 e. The van der Waals surface area contributed by atoms with Gasteiger partial charge in [0.2, 0.25) is 5.95 Å². The van der Waals surface area contributed by atoms with Crippen LogP contribution in [-0.2, 0) is 12.6 Å². The van der Waals surface area contributed by atoms with Crippen LogP contribution in [0, 0.1) is 0 Å². The molecule has 5 rings (SSSR count). The van der Waals surface area contributed by atoms with E-state index >= 15 is 0 Å². The fourth-order valence-electron chi connectivity index (χ4n) is 4.00. The summed E-state index contributed by atoms with van der Waals surface area (Å²) in [5.41, 5.74) is 1.43. The molecule has 0 aliphatic carbocycles. The molecule has 0 bridgehead atoms. The van der Waals surface area contributed by atoms with E-state index in [1.165, 1.54) is 12.1 Å². The molecule has 1 aliphatic heterocycles. The zero-order valence-electron chi connectivity index (χ0n) is 19.2. The standard InChI is InChI=1S/C24H22Cl2F3N7/c1-35-9-11-36(12-10-35)23-33-21(30-15-7-5-14(6-8-15)24(27,28)29)20-22(34-23)32-19(31-20)13-16-17(25)3-2-4-18(16)26/h2-8H,9-13H2,1H3,(H2,30,31,32,33,34). The van der Waals surface area contributed by atoms with Gasteiger partial charge in [0.15, 0.2) is 11.5 Å². The lowest BCUT2D eigenvalue weighted by molar-refractivity contribution is -0.137. The average molecular weight is 536 g/mol. The summed E-state index contributed by atoms with van der Waals surface area (Å²) in [7, 11) is 2.05. The number of likely N-dealkylation sites (N-methyl/N-ethyl adjacent to an activating group) is 1. The second kappa shape index (κ2) is 9.76. The Balaban J connectivity index is 1.53. The van der Waals surface area contributed by atoms with Gasteiger partial charge in [-0.1, -0.05) is 29.3 Å². The first-order valence-corrected chi connectivity index (χ1v) is 12.0. The molecule has 1 saturated heterocycles. The van der Waals surface area contributed by atoms with Gasteiger partial charge in [0, 0.05) is 48.3 Å². The van der Waals surface area contributed by atoms with E-state index in [9.17, 15) is 13.2 Å². The topological polar surface area (TPSA) is 73.0 Å². The Morgan fingerprint density at radius 2 is 1.61 bits per heavy atom. The molecule has 1 aliphatic rings. The summed E-state index contributed by atoms with van der Waals surface area (Å²) in [6.45, 7) is 3.21. The van der Waals surface area contributed by atoms with Gasteiger partial charge in [0.25, 0.3) is 0 Å². The number of hydrogen-bond donors (Lipinski definition) is 2. The molecule has 1 fully saturated rings. The number of H-pyrrole nitrogens is 1. The van der Waals surface area contributed by atoms with E-state index in [4.69, 9.17) is 28.2 Å². The molecule has 0 saturated carbocycles. The molecule has 2 N–H and O–H groups in total. The van der Waals surface area contributed by atoms with Crippen molar-refractivity contribution in [1.82, 2.24) is 24.8 Å². The highest BCUT2D eigenvalue weighted by Crippen LogP contribution is 2.32. The lowest BCUT2D eigenvalue weighted by Crippen LogP contribution is -2.45. The maximum Gasteiger partial charge on any atom is 0.416 e. The van der Waals surface area contributed by atoms with Gasteiger partial charge in [-0.15, -0.1) is 0 Å². The van der Waals surface area contributed by atoms with Crippen molar-refractivity contribution in [2.24, 2.45) is 0 Å². The van der Waals surface area contributed by atoms with Gasteiger partial charge in [-0.3, -0.25) is 0 Å². The minimum atomic E-state index is -4.41. The third-order valence-corrected chi connectivity index (χ3v) is 6.76. The molecule has 3 heterocycles. The van der Waals surface area contributed by atoms with Crippen LogP contribution in [0.5, 0.6) is 0 Å². The van der Waals surface area contributed by atoms with E-state index in [0.29, 0.717) is 50.9 Å². The number of benzene rings is 2. The van der Waals surface area contributed by atoms with E-state index in [2.05, 4.69) is 37.1 Å². The molecule has 0 radical (unpaired) electrons. The number of hydrogen-bond acceptors (Lipinski definition) is 6. The lowest BCUT2D eigenvalue weighted by Gasteiger charge is -2.32. The number of aromatic nitrogens is 4. The highest BCUT2D eigenvalue weighted by molar-refractivity contribution is 6.36. The molecule has 188 valence electrons. The number of imidazole rings is 1. The first kappa shape index (κ1) is 24.6. The van der Waals surface area contributed by atoms with Crippen LogP contribution >= 0.6 is 23.2 Å². The monoisotopic (exact) mass is 535 g/mol. The van der Waals surface area contributed by atoms with Gasteiger partial charge in [-0.2, -0.15) is 23.1 Å². The van der Waals surface area contributed by atoms with Crippen molar-refractivity contribution in [2.45, 2.75) is 12.6 Å². The van der Waals surface area contributed by atoms with Crippen molar-refractivity contribution < 1.29 is 13.2 Å². The normalized spacial score (nSPS) is 15.0. The Morgan fingerprint density at radius 3 is 2.25 bits per heavy atom. The van der Waals surface area contributed by atoms with Crippen molar-refractivity contribution in [3.63, 3.8) is 0 Å². The molecule has 12 heteroatoms. The van der Waals surface area contributed by atoms with E-state index in [1.807, 2.05) is 0 Å². The zero-order chi connectivity index (χ0) is 25.4. The molecule has 2 aromatic carbocycles. The summed E-state index contributed by atoms with van der Waals surface area (Å²) in [4.78, 5) is 21.6. The SMILES string of the molecule is CN1CCN(c2nc(Nc3ccc(C(F)(F)F)cc3)c3[nH]c(Cc4c(Cl)cccc4Cl)nc3n2)CC1. The number of aromatic amines is 1. The maximum atomic E-state index is 13.0. The highest BCUT2D eigenvalue weighted by Gasteiger charge is 2.30. The van der Waals surface area contributed by atoms with Crippen molar-refractivity contribution in [3.05, 3.63) is 69.5 Å². The first-order valence-electron chi connectivity index (χ1n) is 11.2. The van der Waals surface area contributed by atoms with Crippen molar-refractivity contribution in [3.8, 4) is 0 Å². The van der Waals surface area contributed by atoms with Crippen LogP contribution in [0.25, 0.3) is 11.2 Å². The summed E-state index contributed by atoms with van der Waals surface area (Å²) in [6, 6.07) is 10.1. The molecule has 0 unspecified atom stereocenters. The maximum absolute atomic E-state index is 13.0. The van der Waals surface area contributed by atoms with Gasteiger partial charge >= 0.3 is 6.18 Å². The Kier molecular flexibility index (Phi) is 6.67. The largest absolute Gasteiger partial charge is 0.416 e. The van der Waals surface area contributed by atoms with Gasteiger partial charge in [-0.05, 0) is 49.0 Å². The predicted molar refractivity (Wildman–Crippen MR) is 135 cm³/mol. The van der Waals surface area contributed by atoms with Gasteiger partial charge in [-0.25, -0.2) is 4.98 Å². The molecular formula is C24H22Cl2F3N7. The average Bonchev–Trinajstić information content (AvgIpc) is 3.25. The fourth-order valence-corrected chi connectivity index (χ4v) is 4.53. The van der Waals surface area contributed by atoms with Gasteiger partial charge < -0.3 is 20.1 Å². The minimum Gasteiger partial charge on any atom is -0.338 e. The van der Waals surface area contributed by atoms with Gasteiger partial charge in [0.1, 0.15) is 11.3 Å². The molecule has 0 amide bonds. The Labute approximate surface area is 215 Å². The number of fused-ring (bicyclic) bond motifs is 1. The number of anilines is 3. The zero-order valence-corrected chi connectivity index (χ0v) is 20.7. The van der Waals surface area contributed by atoms with Crippen LogP contribution < -0.4 is 10.2 Å². The van der Waals surface area contributed by atoms with E-state index in [1.54, 1.807) is 18.2 Å². The quantitative estimate of drug-likeness (QED) is 0.338. The molecule has 7 nitrogen and oxygen atoms in total.